The van der Waals surface area contributed by atoms with Crippen LogP contribution in [0, 0.1) is 12.8 Å². The number of aryl methyl sites for hydroxylation is 1. The van der Waals surface area contributed by atoms with Crippen molar-refractivity contribution in [2.24, 2.45) is 5.92 Å². The molecule has 2 aliphatic carbocycles. The van der Waals surface area contributed by atoms with Crippen molar-refractivity contribution in [2.75, 3.05) is 6.54 Å². The van der Waals surface area contributed by atoms with E-state index in [4.69, 9.17) is 0 Å². The third kappa shape index (κ3) is 4.80. The van der Waals surface area contributed by atoms with Crippen LogP contribution in [0.2, 0.25) is 0 Å². The van der Waals surface area contributed by atoms with Gasteiger partial charge in [0.1, 0.15) is 0 Å². The lowest BCUT2D eigenvalue weighted by atomic mass is 10.1. The van der Waals surface area contributed by atoms with Gasteiger partial charge in [-0.05, 0) is 70.9 Å². The largest absolute Gasteiger partial charge is 0.307 e. The molecule has 1 N–H and O–H groups in total. The maximum atomic E-state index is 3.61. The monoisotopic (exact) mass is 306 g/mol. The third-order valence-electron chi connectivity index (χ3n) is 4.49. The first-order chi connectivity index (χ1) is 9.90. The Labute approximate surface area is 133 Å². The fraction of sp³-hybridized carbons (Fsp3) is 0.778. The van der Waals surface area contributed by atoms with Gasteiger partial charge in [0.25, 0.3) is 0 Å². The van der Waals surface area contributed by atoms with Crippen molar-refractivity contribution in [3.63, 3.8) is 0 Å². The van der Waals surface area contributed by atoms with E-state index in [1.807, 2.05) is 11.3 Å². The molecule has 0 radical (unpaired) electrons. The van der Waals surface area contributed by atoms with Crippen LogP contribution in [0.5, 0.6) is 0 Å². The molecule has 2 aliphatic rings. The highest BCUT2D eigenvalue weighted by Gasteiger charge is 2.33. The molecule has 21 heavy (non-hydrogen) atoms. The maximum absolute atomic E-state index is 3.61. The second kappa shape index (κ2) is 6.02. The molecular weight excluding hydrogens is 276 g/mol. The molecule has 2 nitrogen and oxygen atoms in total. The van der Waals surface area contributed by atoms with Crippen molar-refractivity contribution < 1.29 is 0 Å². The van der Waals surface area contributed by atoms with Crippen molar-refractivity contribution in [1.82, 2.24) is 10.2 Å². The van der Waals surface area contributed by atoms with Crippen LogP contribution in [0.15, 0.2) is 6.07 Å². The lowest BCUT2D eigenvalue weighted by molar-refractivity contribution is 0.244. The molecule has 3 heteroatoms. The number of thiophene rings is 1. The molecule has 3 rings (SSSR count). The van der Waals surface area contributed by atoms with E-state index in [2.05, 4.69) is 44.0 Å². The molecule has 2 fully saturated rings. The van der Waals surface area contributed by atoms with Gasteiger partial charge in [-0.2, -0.15) is 0 Å². The van der Waals surface area contributed by atoms with E-state index < -0.39 is 0 Å². The van der Waals surface area contributed by atoms with Gasteiger partial charge < -0.3 is 5.32 Å². The van der Waals surface area contributed by atoms with Crippen LogP contribution in [0.4, 0.5) is 0 Å². The van der Waals surface area contributed by atoms with Crippen LogP contribution in [0.25, 0.3) is 0 Å². The number of nitrogens with one attached hydrogen (secondary N) is 1. The first-order valence-corrected chi connectivity index (χ1v) is 9.29. The fourth-order valence-electron chi connectivity index (χ4n) is 2.82. The van der Waals surface area contributed by atoms with Gasteiger partial charge in [-0.3, -0.25) is 4.90 Å². The number of rotatable bonds is 7. The highest BCUT2D eigenvalue weighted by Crippen LogP contribution is 2.36. The minimum atomic E-state index is 0.198. The highest BCUT2D eigenvalue weighted by molar-refractivity contribution is 7.12. The zero-order valence-corrected chi connectivity index (χ0v) is 14.9. The predicted molar refractivity (Wildman–Crippen MR) is 91.8 cm³/mol. The van der Waals surface area contributed by atoms with E-state index in [0.717, 1.165) is 18.5 Å². The van der Waals surface area contributed by atoms with Gasteiger partial charge >= 0.3 is 0 Å². The van der Waals surface area contributed by atoms with E-state index in [1.165, 1.54) is 48.5 Å². The summed E-state index contributed by atoms with van der Waals surface area (Å²) >= 11 is 1.97. The lowest BCUT2D eigenvalue weighted by Crippen LogP contribution is -2.34. The van der Waals surface area contributed by atoms with Crippen LogP contribution in [0.3, 0.4) is 0 Å². The van der Waals surface area contributed by atoms with Crippen molar-refractivity contribution in [2.45, 2.75) is 78.0 Å². The molecule has 0 amide bonds. The Morgan fingerprint density at radius 3 is 2.52 bits per heavy atom. The van der Waals surface area contributed by atoms with E-state index in [1.54, 1.807) is 5.56 Å². The average Bonchev–Trinajstić information content (AvgIpc) is 3.26. The summed E-state index contributed by atoms with van der Waals surface area (Å²) in [6.45, 7) is 12.5. The Morgan fingerprint density at radius 2 is 1.95 bits per heavy atom. The predicted octanol–water partition coefficient (Wildman–Crippen LogP) is 4.32. The number of hydrogen-bond acceptors (Lipinski definition) is 3. The minimum Gasteiger partial charge on any atom is -0.307 e. The average molecular weight is 307 g/mol. The van der Waals surface area contributed by atoms with Gasteiger partial charge in [-0.1, -0.05) is 0 Å². The molecule has 0 spiro atoms. The zero-order chi connectivity index (χ0) is 15.0. The Kier molecular flexibility index (Phi) is 4.45. The Bertz CT molecular complexity index is 478. The van der Waals surface area contributed by atoms with Crippen LogP contribution in [0.1, 0.15) is 61.8 Å². The number of nitrogens with zero attached hydrogens (tertiary/aromatic N) is 1. The topological polar surface area (TPSA) is 15.3 Å². The second-order valence-electron chi connectivity index (χ2n) is 8.00. The van der Waals surface area contributed by atoms with Gasteiger partial charge in [0.15, 0.2) is 0 Å². The summed E-state index contributed by atoms with van der Waals surface area (Å²) in [7, 11) is 0. The molecule has 0 atom stereocenters. The van der Waals surface area contributed by atoms with Crippen molar-refractivity contribution >= 4 is 11.3 Å². The van der Waals surface area contributed by atoms with Crippen LogP contribution in [-0.4, -0.2) is 23.0 Å². The van der Waals surface area contributed by atoms with Gasteiger partial charge in [0, 0.05) is 41.0 Å². The molecule has 118 valence electrons. The smallest absolute Gasteiger partial charge is 0.0304 e. The lowest BCUT2D eigenvalue weighted by Gasteiger charge is -2.21. The summed E-state index contributed by atoms with van der Waals surface area (Å²) in [4.78, 5) is 5.76. The van der Waals surface area contributed by atoms with Gasteiger partial charge in [0.05, 0.1) is 0 Å². The SMILES string of the molecule is Cc1sc(CNC(C)(C)C)cc1CN(CC1CC1)C1CC1. The van der Waals surface area contributed by atoms with Crippen molar-refractivity contribution in [3.8, 4) is 0 Å². The van der Waals surface area contributed by atoms with E-state index in [-0.39, 0.29) is 5.54 Å². The third-order valence-corrected chi connectivity index (χ3v) is 5.58. The normalized spacial score (nSPS) is 19.5. The summed E-state index contributed by atoms with van der Waals surface area (Å²) in [6.07, 6.45) is 5.78. The fourth-order valence-corrected chi connectivity index (χ4v) is 3.81. The summed E-state index contributed by atoms with van der Waals surface area (Å²) in [6, 6.07) is 3.34. The first kappa shape index (κ1) is 15.5. The Morgan fingerprint density at radius 1 is 1.24 bits per heavy atom. The standard InChI is InChI=1S/C18H30N2S/c1-13-15(9-17(21-13)10-19-18(2,3)4)12-20(16-7-8-16)11-14-5-6-14/h9,14,16,19H,5-8,10-12H2,1-4H3. The molecule has 0 unspecified atom stereocenters. The van der Waals surface area contributed by atoms with E-state index in [0.29, 0.717) is 0 Å². The van der Waals surface area contributed by atoms with Crippen molar-refractivity contribution in [1.29, 1.82) is 0 Å². The highest BCUT2D eigenvalue weighted by atomic mass is 32.1. The first-order valence-electron chi connectivity index (χ1n) is 8.48. The minimum absolute atomic E-state index is 0.198. The quantitative estimate of drug-likeness (QED) is 0.807. The van der Waals surface area contributed by atoms with Gasteiger partial charge in [-0.15, -0.1) is 11.3 Å². The van der Waals surface area contributed by atoms with Gasteiger partial charge in [0.2, 0.25) is 0 Å². The van der Waals surface area contributed by atoms with Gasteiger partial charge in [-0.25, -0.2) is 0 Å². The summed E-state index contributed by atoms with van der Waals surface area (Å²) in [5, 5.41) is 3.61. The maximum Gasteiger partial charge on any atom is 0.0304 e. The second-order valence-corrected chi connectivity index (χ2v) is 9.34. The van der Waals surface area contributed by atoms with Crippen LogP contribution in [-0.2, 0) is 13.1 Å². The molecule has 0 aliphatic heterocycles. The summed E-state index contributed by atoms with van der Waals surface area (Å²) < 4.78 is 0. The molecular formula is C18H30N2S. The molecule has 0 saturated heterocycles. The molecule has 2 saturated carbocycles. The number of hydrogen-bond donors (Lipinski definition) is 1. The van der Waals surface area contributed by atoms with E-state index in [9.17, 15) is 0 Å². The molecule has 1 aromatic heterocycles. The van der Waals surface area contributed by atoms with Crippen molar-refractivity contribution in [3.05, 3.63) is 21.4 Å². The molecule has 1 aromatic rings. The van der Waals surface area contributed by atoms with Crippen LogP contribution >= 0.6 is 11.3 Å². The Balaban J connectivity index is 1.60. The van der Waals surface area contributed by atoms with Crippen LogP contribution < -0.4 is 5.32 Å². The zero-order valence-electron chi connectivity index (χ0n) is 14.0. The summed E-state index contributed by atoms with van der Waals surface area (Å²) in [5.74, 6) is 1.01. The Hall–Kier alpha value is -0.380. The molecule has 0 bridgehead atoms. The summed E-state index contributed by atoms with van der Waals surface area (Å²) in [5.41, 5.74) is 1.77. The van der Waals surface area contributed by atoms with E-state index >= 15 is 0 Å². The molecule has 0 aromatic carbocycles. The molecule has 1 heterocycles.